The molecule has 5 rings (SSSR count). The monoisotopic (exact) mass is 733 g/mol. The molecule has 282 valence electrons. The van der Waals surface area contributed by atoms with Crippen molar-refractivity contribution in [3.05, 3.63) is 30.0 Å². The summed E-state index contributed by atoms with van der Waals surface area (Å²) in [5, 5.41) is 6.18. The van der Waals surface area contributed by atoms with Crippen LogP contribution in [0.4, 0.5) is 14.9 Å². The van der Waals surface area contributed by atoms with E-state index in [-0.39, 0.29) is 35.3 Å². The van der Waals surface area contributed by atoms with E-state index < -0.39 is 46.6 Å². The zero-order valence-corrected chi connectivity index (χ0v) is 31.0. The maximum atomic E-state index is 14.2. The average Bonchev–Trinajstić information content (AvgIpc) is 3.71. The fourth-order valence-corrected chi connectivity index (χ4v) is 8.43. The fourth-order valence-electron chi connectivity index (χ4n) is 7.91. The first kappa shape index (κ1) is 38.5. The van der Waals surface area contributed by atoms with Gasteiger partial charge in [-0.3, -0.25) is 14.4 Å². The molecule has 2 heterocycles. The van der Waals surface area contributed by atoms with Gasteiger partial charge in [-0.05, 0) is 94.9 Å². The molecule has 13 nitrogen and oxygen atoms in total. The van der Waals surface area contributed by atoms with Crippen molar-refractivity contribution < 1.29 is 41.1 Å². The van der Waals surface area contributed by atoms with Crippen molar-refractivity contribution in [1.82, 2.24) is 19.2 Å². The number of likely N-dealkylation sites (tertiary alicyclic amines) is 1. The third-order valence-electron chi connectivity index (χ3n) is 10.5. The van der Waals surface area contributed by atoms with Crippen LogP contribution in [0.15, 0.2) is 28.7 Å². The molecule has 3 fully saturated rings. The number of nitrogens with one attached hydrogen (secondary N) is 3. The number of hydrogen-bond acceptors (Lipinski definition) is 8. The van der Waals surface area contributed by atoms with Crippen molar-refractivity contribution in [1.29, 1.82) is 0 Å². The minimum Gasteiger partial charge on any atom is -0.451 e. The Hall–Kier alpha value is -3.72. The number of carbonyl (C=O) groups excluding carboxylic acids is 4. The zero-order chi connectivity index (χ0) is 37.1. The second kappa shape index (κ2) is 15.9. The van der Waals surface area contributed by atoms with E-state index in [1.54, 1.807) is 43.9 Å². The van der Waals surface area contributed by atoms with Gasteiger partial charge in [-0.25, -0.2) is 13.9 Å². The van der Waals surface area contributed by atoms with E-state index in [1.165, 1.54) is 26.6 Å². The van der Waals surface area contributed by atoms with Gasteiger partial charge in [-0.2, -0.15) is 12.7 Å². The molecule has 0 bridgehead atoms. The van der Waals surface area contributed by atoms with E-state index in [0.29, 0.717) is 54.8 Å². The highest BCUT2D eigenvalue weighted by Gasteiger charge is 2.47. The zero-order valence-electron chi connectivity index (χ0n) is 30.2. The fraction of sp³-hybridized carbons (Fsp3) is 0.667. The van der Waals surface area contributed by atoms with Gasteiger partial charge >= 0.3 is 22.2 Å². The molecule has 2 aromatic rings. The summed E-state index contributed by atoms with van der Waals surface area (Å²) in [5.41, 5.74) is 0.0959. The van der Waals surface area contributed by atoms with Crippen LogP contribution in [-0.4, -0.2) is 86.4 Å². The largest absolute Gasteiger partial charge is 0.451 e. The van der Waals surface area contributed by atoms with Crippen molar-refractivity contribution in [2.24, 2.45) is 23.7 Å². The number of carbonyl (C=O) groups is 4. The van der Waals surface area contributed by atoms with Gasteiger partial charge in [-0.1, -0.05) is 32.1 Å². The van der Waals surface area contributed by atoms with Crippen molar-refractivity contribution in [3.63, 3.8) is 0 Å². The van der Waals surface area contributed by atoms with Crippen LogP contribution in [0.1, 0.15) is 95.5 Å². The molecule has 0 spiro atoms. The molecule has 0 unspecified atom stereocenters. The minimum absolute atomic E-state index is 0.0196. The number of hydrogen-bond donors (Lipinski definition) is 3. The Labute approximate surface area is 299 Å². The summed E-state index contributed by atoms with van der Waals surface area (Å²) in [6, 6.07) is 4.96. The van der Waals surface area contributed by atoms with Gasteiger partial charge in [-0.15, -0.1) is 0 Å². The van der Waals surface area contributed by atoms with Gasteiger partial charge in [0.05, 0.1) is 6.04 Å². The Balaban J connectivity index is 1.28. The molecule has 4 amide bonds. The number of amides is 4. The van der Waals surface area contributed by atoms with Crippen molar-refractivity contribution in [2.75, 3.05) is 32.6 Å². The van der Waals surface area contributed by atoms with Gasteiger partial charge in [0.2, 0.25) is 11.8 Å². The second-order valence-electron chi connectivity index (χ2n) is 15.4. The molecule has 0 radical (unpaired) electrons. The Kier molecular flexibility index (Phi) is 12.0. The van der Waals surface area contributed by atoms with Crippen LogP contribution in [0, 0.1) is 23.7 Å². The van der Waals surface area contributed by atoms with Gasteiger partial charge in [0, 0.05) is 37.6 Å². The number of alkyl carbamates (subject to hydrolysis) is 1. The Morgan fingerprint density at radius 2 is 1.69 bits per heavy atom. The number of rotatable bonds is 10. The summed E-state index contributed by atoms with van der Waals surface area (Å²) in [5.74, 6) is -1.52. The summed E-state index contributed by atoms with van der Waals surface area (Å²) in [6.07, 6.45) is 7.72. The van der Waals surface area contributed by atoms with E-state index in [2.05, 4.69) is 10.6 Å². The van der Waals surface area contributed by atoms with Crippen LogP contribution in [0.2, 0.25) is 0 Å². The highest BCUT2D eigenvalue weighted by molar-refractivity contribution is 7.87. The minimum atomic E-state index is -4.02. The first-order chi connectivity index (χ1) is 24.1. The maximum Gasteiger partial charge on any atom is 0.407 e. The van der Waals surface area contributed by atoms with Gasteiger partial charge < -0.3 is 24.7 Å². The molecule has 1 aliphatic heterocycles. The molecule has 2 saturated carbocycles. The molecule has 1 saturated heterocycles. The number of alkyl halides is 1. The predicted molar refractivity (Wildman–Crippen MR) is 190 cm³/mol. The predicted octanol–water partition coefficient (Wildman–Crippen LogP) is 5.37. The van der Waals surface area contributed by atoms with Crippen molar-refractivity contribution >= 4 is 50.7 Å². The highest BCUT2D eigenvalue weighted by atomic mass is 32.2. The molecule has 3 aliphatic rings. The summed E-state index contributed by atoms with van der Waals surface area (Å²) in [4.78, 5) is 55.0. The number of fused-ring (bicyclic) bond motifs is 1. The molecular formula is C36H52FN5O8S. The van der Waals surface area contributed by atoms with E-state index in [9.17, 15) is 32.0 Å². The molecule has 3 atom stereocenters. The standard InChI is InChI=1S/C36H52FN5O8S/c1-36(2,3)50-35(46)39-28(21-37)23-11-13-24(14-12-23)34(45)42-18-17-27(22-9-7-6-8-10-22)31(42)33(44)38-26-15-16-29-25(19-26)20-30(49-29)32(43)40-51(47,48)41(4)5/h15-16,19-20,22-24,27-28,31H,6-14,17-18,21H2,1-5H3,(H,38,44)(H,39,46)(H,40,43)/t23-,24-,27-,28+,31-/m0/s1. The lowest BCUT2D eigenvalue weighted by Crippen LogP contribution is -2.50. The second-order valence-corrected chi connectivity index (χ2v) is 17.3. The van der Waals surface area contributed by atoms with Gasteiger partial charge in [0.25, 0.3) is 0 Å². The topological polar surface area (TPSA) is 167 Å². The number of halogens is 1. The lowest BCUT2D eigenvalue weighted by atomic mass is 9.76. The Bertz CT molecular complexity index is 1690. The SMILES string of the molecule is CN(C)S(=O)(=O)NC(=O)c1cc2cc(NC(=O)[C@@H]3[C@H](C4CCCCC4)CCN3C(=O)[C@H]3CC[C@H]([C@@H](CF)NC(=O)OC(C)(C)C)CC3)ccc2o1. The van der Waals surface area contributed by atoms with Crippen LogP contribution < -0.4 is 15.4 Å². The molecule has 2 aliphatic carbocycles. The first-order valence-corrected chi connectivity index (χ1v) is 19.5. The van der Waals surface area contributed by atoms with E-state index in [0.717, 1.165) is 36.4 Å². The van der Waals surface area contributed by atoms with Gasteiger partial charge in [0.15, 0.2) is 5.76 Å². The number of anilines is 1. The summed E-state index contributed by atoms with van der Waals surface area (Å²) in [6.45, 7) is 5.01. The quantitative estimate of drug-likeness (QED) is 0.293. The highest BCUT2D eigenvalue weighted by Crippen LogP contribution is 2.41. The summed E-state index contributed by atoms with van der Waals surface area (Å²) in [7, 11) is -1.43. The molecular weight excluding hydrogens is 681 g/mol. The van der Waals surface area contributed by atoms with Crippen LogP contribution in [-0.2, 0) is 24.5 Å². The molecule has 1 aromatic heterocycles. The number of ether oxygens (including phenoxy) is 1. The number of benzene rings is 1. The van der Waals surface area contributed by atoms with E-state index in [4.69, 9.17) is 9.15 Å². The summed E-state index contributed by atoms with van der Waals surface area (Å²) >= 11 is 0. The Morgan fingerprint density at radius 1 is 1.00 bits per heavy atom. The Morgan fingerprint density at radius 3 is 2.31 bits per heavy atom. The lowest BCUT2D eigenvalue weighted by molar-refractivity contribution is -0.142. The molecule has 3 N–H and O–H groups in total. The van der Waals surface area contributed by atoms with Crippen molar-refractivity contribution in [2.45, 2.75) is 103 Å². The smallest absolute Gasteiger partial charge is 0.407 e. The third kappa shape index (κ3) is 9.39. The number of furan rings is 1. The van der Waals surface area contributed by atoms with E-state index in [1.807, 2.05) is 4.72 Å². The van der Waals surface area contributed by atoms with Crippen LogP contribution in [0.3, 0.4) is 0 Å². The van der Waals surface area contributed by atoms with Crippen LogP contribution >= 0.6 is 0 Å². The third-order valence-corrected chi connectivity index (χ3v) is 11.9. The van der Waals surface area contributed by atoms with Crippen LogP contribution in [0.25, 0.3) is 11.0 Å². The number of nitrogens with zero attached hydrogens (tertiary/aromatic N) is 2. The normalized spacial score (nSPS) is 23.9. The average molecular weight is 734 g/mol. The van der Waals surface area contributed by atoms with E-state index >= 15 is 0 Å². The molecule has 51 heavy (non-hydrogen) atoms. The van der Waals surface area contributed by atoms with Crippen LogP contribution in [0.5, 0.6) is 0 Å². The summed E-state index contributed by atoms with van der Waals surface area (Å²) < 4.78 is 52.0. The molecule has 1 aromatic carbocycles. The molecule has 15 heteroatoms. The first-order valence-electron chi connectivity index (χ1n) is 18.0. The van der Waals surface area contributed by atoms with Crippen molar-refractivity contribution in [3.8, 4) is 0 Å². The van der Waals surface area contributed by atoms with Gasteiger partial charge in [0.1, 0.15) is 23.9 Å². The maximum absolute atomic E-state index is 14.2. The lowest BCUT2D eigenvalue weighted by Gasteiger charge is -2.37.